The predicted molar refractivity (Wildman–Crippen MR) is 118 cm³/mol. The van der Waals surface area contributed by atoms with Gasteiger partial charge in [0.1, 0.15) is 11.5 Å². The van der Waals surface area contributed by atoms with Gasteiger partial charge in [-0.1, -0.05) is 32.9 Å². The number of para-hydroxylation sites is 1. The number of aromatic nitrogens is 2. The number of aryl methyl sites for hydroxylation is 1. The van der Waals surface area contributed by atoms with E-state index in [1.54, 1.807) is 4.57 Å². The maximum absolute atomic E-state index is 12.9. The molecule has 1 saturated heterocycles. The molecule has 1 atom stereocenters. The first-order valence-corrected chi connectivity index (χ1v) is 10.8. The highest BCUT2D eigenvalue weighted by atomic mass is 16.4. The molecule has 0 amide bonds. The lowest BCUT2D eigenvalue weighted by Crippen LogP contribution is -2.35. The fraction of sp³-hybridized carbons (Fsp3) is 0.609. The van der Waals surface area contributed by atoms with E-state index in [2.05, 4.69) is 21.9 Å². The monoisotopic (exact) mass is 414 g/mol. The number of nitrogens with one attached hydrogen (secondary N) is 1. The van der Waals surface area contributed by atoms with E-state index in [0.717, 1.165) is 43.3 Å². The van der Waals surface area contributed by atoms with Gasteiger partial charge in [-0.05, 0) is 69.3 Å². The predicted octanol–water partition coefficient (Wildman–Crippen LogP) is 2.85. The lowest BCUT2D eigenvalue weighted by atomic mass is 9.88. The molecule has 30 heavy (non-hydrogen) atoms. The normalized spacial score (nSPS) is 18.1. The molecule has 0 saturated carbocycles. The first kappa shape index (κ1) is 22.3. The quantitative estimate of drug-likeness (QED) is 0.760. The summed E-state index contributed by atoms with van der Waals surface area (Å²) in [5.74, 6) is -0.353. The molecule has 164 valence electrons. The second-order valence-electron chi connectivity index (χ2n) is 9.73. The van der Waals surface area contributed by atoms with Gasteiger partial charge in [-0.25, -0.2) is 9.59 Å². The molecule has 0 bridgehead atoms. The summed E-state index contributed by atoms with van der Waals surface area (Å²) in [4.78, 5) is 34.3. The molecule has 2 aromatic rings. The Bertz CT molecular complexity index is 1010. The van der Waals surface area contributed by atoms with E-state index in [1.807, 2.05) is 45.0 Å². The van der Waals surface area contributed by atoms with E-state index in [-0.39, 0.29) is 11.1 Å². The van der Waals surface area contributed by atoms with Gasteiger partial charge < -0.3 is 10.0 Å². The van der Waals surface area contributed by atoms with Gasteiger partial charge in [-0.15, -0.1) is 0 Å². The van der Waals surface area contributed by atoms with Crippen LogP contribution in [0.25, 0.3) is 10.9 Å². The third-order valence-electron chi connectivity index (χ3n) is 5.90. The minimum Gasteiger partial charge on any atom is -0.480 e. The molecule has 1 fully saturated rings. The second-order valence-corrected chi connectivity index (χ2v) is 9.73. The molecule has 1 aliphatic rings. The van der Waals surface area contributed by atoms with Gasteiger partial charge in [0.15, 0.2) is 0 Å². The van der Waals surface area contributed by atoms with Gasteiger partial charge in [0.05, 0.1) is 5.52 Å². The van der Waals surface area contributed by atoms with Crippen molar-refractivity contribution in [3.63, 3.8) is 0 Å². The van der Waals surface area contributed by atoms with Crippen molar-refractivity contribution in [2.45, 2.75) is 59.0 Å². The van der Waals surface area contributed by atoms with Gasteiger partial charge in [0.2, 0.25) is 0 Å². The Morgan fingerprint density at radius 3 is 2.57 bits per heavy atom. The highest BCUT2D eigenvalue weighted by Crippen LogP contribution is 2.23. The molecule has 0 radical (unpaired) electrons. The maximum Gasteiger partial charge on any atom is 0.328 e. The minimum atomic E-state index is -0.978. The molecular formula is C23H34N4O3. The van der Waals surface area contributed by atoms with Crippen LogP contribution in [0.15, 0.2) is 34.1 Å². The summed E-state index contributed by atoms with van der Waals surface area (Å²) >= 11 is 0. The van der Waals surface area contributed by atoms with Crippen LogP contribution in [0.4, 0.5) is 0 Å². The summed E-state index contributed by atoms with van der Waals surface area (Å²) in [7, 11) is 2.15. The molecule has 0 aliphatic carbocycles. The lowest BCUT2D eigenvalue weighted by Gasteiger charge is -2.29. The van der Waals surface area contributed by atoms with Crippen LogP contribution in [0, 0.1) is 11.3 Å². The summed E-state index contributed by atoms with van der Waals surface area (Å²) in [5.41, 5.74) is 0.724. The van der Waals surface area contributed by atoms with Crippen molar-refractivity contribution in [3.8, 4) is 0 Å². The second kappa shape index (κ2) is 9.16. The Kier molecular flexibility index (Phi) is 6.81. The Hall–Kier alpha value is -2.41. The van der Waals surface area contributed by atoms with Crippen LogP contribution in [0.3, 0.4) is 0 Å². The van der Waals surface area contributed by atoms with E-state index < -0.39 is 12.0 Å². The fourth-order valence-corrected chi connectivity index (χ4v) is 4.17. The number of carboxylic acid groups (broad SMARTS) is 1. The molecule has 1 aromatic carbocycles. The van der Waals surface area contributed by atoms with Crippen molar-refractivity contribution in [1.82, 2.24) is 14.5 Å². The fourth-order valence-electron chi connectivity index (χ4n) is 4.17. The van der Waals surface area contributed by atoms with E-state index >= 15 is 0 Å². The highest BCUT2D eigenvalue weighted by molar-refractivity contribution is 5.78. The molecule has 0 spiro atoms. The summed E-state index contributed by atoms with van der Waals surface area (Å²) in [6, 6.07) is 6.70. The zero-order valence-electron chi connectivity index (χ0n) is 18.5. The van der Waals surface area contributed by atoms with E-state index in [4.69, 9.17) is 0 Å². The van der Waals surface area contributed by atoms with Crippen molar-refractivity contribution in [2.75, 3.05) is 20.1 Å². The van der Waals surface area contributed by atoms with Crippen molar-refractivity contribution in [3.05, 3.63) is 40.2 Å². The van der Waals surface area contributed by atoms with Crippen LogP contribution in [0.5, 0.6) is 0 Å². The summed E-state index contributed by atoms with van der Waals surface area (Å²) in [6.45, 7) is 8.82. The molecule has 1 aliphatic heterocycles. The number of piperidine rings is 1. The number of hydrogen-bond acceptors (Lipinski definition) is 4. The van der Waals surface area contributed by atoms with E-state index in [9.17, 15) is 14.7 Å². The summed E-state index contributed by atoms with van der Waals surface area (Å²) < 4.78 is 1.77. The number of carbonyl (C=O) groups is 1. The first-order chi connectivity index (χ1) is 14.1. The number of fused-ring (bicyclic) bond motifs is 1. The first-order valence-electron chi connectivity index (χ1n) is 10.8. The third-order valence-corrected chi connectivity index (χ3v) is 5.90. The molecule has 1 aromatic heterocycles. The zero-order valence-corrected chi connectivity index (χ0v) is 18.5. The number of nitrogens with zero attached hydrogens (tertiary/aromatic N) is 3. The molecule has 1 unspecified atom stereocenters. The van der Waals surface area contributed by atoms with Crippen molar-refractivity contribution < 1.29 is 9.90 Å². The van der Waals surface area contributed by atoms with E-state index in [1.165, 1.54) is 0 Å². The van der Waals surface area contributed by atoms with Crippen LogP contribution >= 0.6 is 0 Å². The van der Waals surface area contributed by atoms with Crippen LogP contribution in [0.1, 0.15) is 46.5 Å². The van der Waals surface area contributed by atoms with Crippen molar-refractivity contribution >= 4 is 16.9 Å². The van der Waals surface area contributed by atoms with Crippen LogP contribution < -0.4 is 11.2 Å². The molecule has 2 heterocycles. The van der Waals surface area contributed by atoms with Crippen LogP contribution in [-0.2, 0) is 11.3 Å². The highest BCUT2D eigenvalue weighted by Gasteiger charge is 2.24. The van der Waals surface area contributed by atoms with E-state index in [0.29, 0.717) is 24.4 Å². The Balaban J connectivity index is 1.96. The van der Waals surface area contributed by atoms with Gasteiger partial charge in [-0.2, -0.15) is 0 Å². The topological polar surface area (TPSA) is 90.7 Å². The third kappa shape index (κ3) is 5.59. The lowest BCUT2D eigenvalue weighted by molar-refractivity contribution is -0.139. The molecule has 7 heteroatoms. The number of benzene rings is 1. The average molecular weight is 415 g/mol. The minimum absolute atomic E-state index is 0.189. The number of aromatic amines is 1. The number of aliphatic carboxylic acids is 1. The van der Waals surface area contributed by atoms with Crippen LogP contribution in [-0.4, -0.2) is 51.7 Å². The number of likely N-dealkylation sites (tertiary alicyclic amines) is 1. The molecule has 3 rings (SSSR count). The SMILES string of the molecule is CN1CCC(CCn2c(=O)[nH]/c(=N\C(CC(C)(C)C)C(=O)O)c3ccccc32)CC1. The maximum atomic E-state index is 12.9. The number of hydrogen-bond donors (Lipinski definition) is 2. The van der Waals surface area contributed by atoms with Gasteiger partial charge >= 0.3 is 11.7 Å². The largest absolute Gasteiger partial charge is 0.480 e. The number of H-pyrrole nitrogens is 1. The summed E-state index contributed by atoms with van der Waals surface area (Å²) in [5, 5.41) is 10.4. The molecule has 7 nitrogen and oxygen atoms in total. The van der Waals surface area contributed by atoms with Crippen molar-refractivity contribution in [2.24, 2.45) is 16.3 Å². The summed E-state index contributed by atoms with van der Waals surface area (Å²) in [6.07, 6.45) is 3.67. The van der Waals surface area contributed by atoms with Gasteiger partial charge in [0.25, 0.3) is 0 Å². The number of rotatable bonds is 6. The number of carboxylic acids is 1. The molecular weight excluding hydrogens is 380 g/mol. The standard InChI is InChI=1S/C23H34N4O3/c1-23(2,3)15-18(21(28)29)24-20-17-7-5-6-8-19(17)27(22(30)25-20)14-11-16-9-12-26(4)13-10-16/h5-8,16,18H,9-15H2,1-4H3,(H,28,29)(H,24,25,30). The van der Waals surface area contributed by atoms with Gasteiger partial charge in [0, 0.05) is 11.9 Å². The molecule has 2 N–H and O–H groups in total. The zero-order chi connectivity index (χ0) is 21.9. The van der Waals surface area contributed by atoms with Gasteiger partial charge in [-0.3, -0.25) is 14.5 Å². The van der Waals surface area contributed by atoms with Crippen molar-refractivity contribution in [1.29, 1.82) is 0 Å². The smallest absolute Gasteiger partial charge is 0.328 e. The van der Waals surface area contributed by atoms with Crippen LogP contribution in [0.2, 0.25) is 0 Å². The Labute approximate surface area is 177 Å². The Morgan fingerprint density at radius 1 is 1.27 bits per heavy atom. The Morgan fingerprint density at radius 2 is 1.93 bits per heavy atom. The average Bonchev–Trinajstić information content (AvgIpc) is 2.67.